The van der Waals surface area contributed by atoms with Crippen LogP contribution in [0.15, 0.2) is 98.0 Å². The molecule has 4 aromatic heterocycles. The van der Waals surface area contributed by atoms with Crippen molar-refractivity contribution in [1.82, 2.24) is 59.1 Å². The Bertz CT molecular complexity index is 5790. The highest BCUT2D eigenvalue weighted by atomic mass is 19.2. The van der Waals surface area contributed by atoms with Crippen LogP contribution in [-0.4, -0.2) is 170 Å². The summed E-state index contributed by atoms with van der Waals surface area (Å²) in [4.78, 5) is 159. The van der Waals surface area contributed by atoms with Crippen molar-refractivity contribution in [2.24, 2.45) is 0 Å². The number of carbonyl (C=O) groups is 8. The summed E-state index contributed by atoms with van der Waals surface area (Å²) in [5.74, 6) is -13.3. The van der Waals surface area contributed by atoms with Gasteiger partial charge in [0.25, 0.3) is 47.3 Å². The molecule has 8 aromatic rings. The zero-order chi connectivity index (χ0) is 85.1. The van der Waals surface area contributed by atoms with E-state index in [1.54, 1.807) is 56.4 Å². The van der Waals surface area contributed by atoms with Crippen LogP contribution in [0, 0.1) is 40.7 Å². The fraction of sp³-hybridized carbons (Fsp3) is 0.358. The number of aliphatic hydroxyl groups is 1. The Hall–Kier alpha value is -12.9. The van der Waals surface area contributed by atoms with E-state index in [1.807, 2.05) is 6.92 Å². The van der Waals surface area contributed by atoms with Crippen molar-refractivity contribution >= 4 is 47.3 Å². The summed E-state index contributed by atoms with van der Waals surface area (Å²) in [7, 11) is 1.41. The van der Waals surface area contributed by atoms with Gasteiger partial charge in [-0.3, -0.25) is 57.5 Å². The van der Waals surface area contributed by atoms with Crippen LogP contribution in [0.1, 0.15) is 218 Å². The average molecular weight is 1640 g/mol. The summed E-state index contributed by atoms with van der Waals surface area (Å²) in [5.41, 5.74) is -3.61. The Morgan fingerprint density at radius 1 is 0.424 bits per heavy atom. The number of rotatable bonds is 17. The topological polar surface area (TPSA) is 396 Å². The van der Waals surface area contributed by atoms with Crippen molar-refractivity contribution in [3.05, 3.63) is 251 Å². The Labute approximate surface area is 664 Å². The molecular formula is C81H79F7N12O18. The smallest absolute Gasteiger partial charge is 0.274 e. The standard InChI is InChI=1S/C22H23F2N3O5.C20H19F2N3O5.C20H19F2N3O4.C19H18FN3O4/c1-3-26-10-13-8-15(32-4-2)17-16(19(28)20(29)18(22(26)31)27(13)17)21(30)25-9-11-5-6-12(23)7-14(11)24;1-2-24-8-11-6-13(26)15-14(17(27)18(28)16(20(24)30)25(11)15)19(29)23-7-9-3-4-10(21)5-12(9)22;1-2-24-9-12-5-6-14-15(17(26)18(27)16(20(24)29)25(12)14)19(28)23-8-10-3-4-11(21)7-13(10)22;1-21-18(26)14-13-7-6-12-9-22(8-10-2-4-11(20)5-3-10)19(27)15(23(12)13)17(25)16(14)24/h5-7,13,15,29H,3-4,8-10H2,1-2H3,(H,25,30);3-5,11,13,26,28H,2,6-8H2,1H3,(H,23,29);3-4,7,12,27H,2,5-6,8-9H2,1H3,(H,23,28);2-5,12,25H,6-9H2,1H3,(H,21,26)/t13-,15+;;;/m0.../s1. The summed E-state index contributed by atoms with van der Waals surface area (Å²) < 4.78 is 106. The van der Waals surface area contributed by atoms with Gasteiger partial charge in [-0.15, -0.1) is 0 Å². The number of benzene rings is 4. The number of ether oxygens (including phenoxy) is 1. The monoisotopic (exact) mass is 1640 g/mol. The Kier molecular flexibility index (Phi) is 23.5. The van der Waals surface area contributed by atoms with Crippen LogP contribution in [0.3, 0.4) is 0 Å². The molecule has 8 amide bonds. The van der Waals surface area contributed by atoms with Crippen molar-refractivity contribution in [2.75, 3.05) is 59.5 Å². The van der Waals surface area contributed by atoms with Crippen LogP contribution < -0.4 is 43.0 Å². The third kappa shape index (κ3) is 14.9. The first kappa shape index (κ1) is 83.0. The number of nitrogens with one attached hydrogen (secondary N) is 4. The number of aromatic nitrogens is 4. The number of carbonyl (C=O) groups excluding carboxylic acids is 8. The molecule has 0 bridgehead atoms. The third-order valence-corrected chi connectivity index (χ3v) is 22.3. The minimum Gasteiger partial charge on any atom is -0.503 e. The van der Waals surface area contributed by atoms with E-state index < -0.39 is 151 Å². The summed E-state index contributed by atoms with van der Waals surface area (Å²) >= 11 is 0. The molecule has 0 radical (unpaired) electrons. The van der Waals surface area contributed by atoms with Crippen LogP contribution in [0.25, 0.3) is 0 Å². The number of hydrogen-bond acceptors (Lipinski definition) is 18. The maximum Gasteiger partial charge on any atom is 0.274 e. The maximum absolute atomic E-state index is 13.9. The Morgan fingerprint density at radius 3 is 1.16 bits per heavy atom. The lowest BCUT2D eigenvalue weighted by Gasteiger charge is -2.34. The number of halogens is 7. The van der Waals surface area contributed by atoms with Crippen molar-refractivity contribution in [3.63, 3.8) is 0 Å². The molecule has 0 spiro atoms. The number of pyridine rings is 4. The molecule has 37 heteroatoms. The van der Waals surface area contributed by atoms with Crippen LogP contribution in [0.5, 0.6) is 23.0 Å². The zero-order valence-electron chi connectivity index (χ0n) is 64.0. The van der Waals surface area contributed by atoms with Gasteiger partial charge >= 0.3 is 0 Å². The second-order valence-electron chi connectivity index (χ2n) is 29.1. The predicted molar refractivity (Wildman–Crippen MR) is 403 cm³/mol. The van der Waals surface area contributed by atoms with E-state index in [-0.39, 0.29) is 131 Å². The first-order valence-electron chi connectivity index (χ1n) is 37.9. The lowest BCUT2D eigenvalue weighted by atomic mass is 10.1. The molecule has 12 heterocycles. The van der Waals surface area contributed by atoms with E-state index in [2.05, 4.69) is 21.3 Å². The molecule has 0 fully saturated rings. The summed E-state index contributed by atoms with van der Waals surface area (Å²) in [6.07, 6.45) is 0.978. The summed E-state index contributed by atoms with van der Waals surface area (Å²) in [6, 6.07) is 13.7. The molecule has 0 saturated carbocycles. The number of aromatic hydroxyl groups is 4. The fourth-order valence-corrected chi connectivity index (χ4v) is 16.7. The maximum atomic E-state index is 13.9. The molecule has 0 aliphatic carbocycles. The highest BCUT2D eigenvalue weighted by Gasteiger charge is 2.49. The molecular weight excluding hydrogens is 1560 g/mol. The van der Waals surface area contributed by atoms with Crippen LogP contribution in [0.4, 0.5) is 30.7 Å². The highest BCUT2D eigenvalue weighted by Crippen LogP contribution is 2.46. The van der Waals surface area contributed by atoms with Gasteiger partial charge in [-0.25, -0.2) is 30.7 Å². The molecule has 118 heavy (non-hydrogen) atoms. The summed E-state index contributed by atoms with van der Waals surface area (Å²) in [5, 5.41) is 62.1. The van der Waals surface area contributed by atoms with Crippen molar-refractivity contribution in [2.45, 2.75) is 129 Å². The minimum atomic E-state index is -1.19. The summed E-state index contributed by atoms with van der Waals surface area (Å²) in [6.45, 7) is 9.51. The van der Waals surface area contributed by atoms with Crippen LogP contribution in [0.2, 0.25) is 0 Å². The number of likely N-dealkylation sites (N-methyl/N-ethyl adjacent to an activating group) is 3. The molecule has 4 unspecified atom stereocenters. The van der Waals surface area contributed by atoms with Gasteiger partial charge in [0.05, 0.1) is 41.7 Å². The predicted octanol–water partition coefficient (Wildman–Crippen LogP) is 6.40. The van der Waals surface area contributed by atoms with Gasteiger partial charge < -0.3 is 89.4 Å². The fourth-order valence-electron chi connectivity index (χ4n) is 16.7. The van der Waals surface area contributed by atoms with E-state index >= 15 is 0 Å². The third-order valence-electron chi connectivity index (χ3n) is 22.3. The van der Waals surface area contributed by atoms with Gasteiger partial charge in [-0.2, -0.15) is 0 Å². The minimum absolute atomic E-state index is 0.00403. The lowest BCUT2D eigenvalue weighted by molar-refractivity contribution is 0.0536. The molecule has 0 saturated heterocycles. The van der Waals surface area contributed by atoms with E-state index in [9.17, 15) is 114 Å². The van der Waals surface area contributed by atoms with E-state index in [0.29, 0.717) is 108 Å². The highest BCUT2D eigenvalue weighted by molar-refractivity contribution is 6.04. The number of nitrogens with zero attached hydrogens (tertiary/aromatic N) is 8. The van der Waals surface area contributed by atoms with E-state index in [1.165, 1.54) is 45.7 Å². The second-order valence-corrected chi connectivity index (χ2v) is 29.1. The van der Waals surface area contributed by atoms with Crippen LogP contribution >= 0.6 is 0 Å². The van der Waals surface area contributed by atoms with Gasteiger partial charge in [0.15, 0.2) is 45.8 Å². The molecule has 8 aliphatic heterocycles. The average Bonchev–Trinajstić information content (AvgIpc) is 1.54. The number of amides is 8. The molecule has 16 rings (SSSR count). The first-order chi connectivity index (χ1) is 56.3. The molecule has 620 valence electrons. The van der Waals surface area contributed by atoms with Crippen molar-refractivity contribution in [3.8, 4) is 23.0 Å². The van der Waals surface area contributed by atoms with Gasteiger partial charge in [-0.1, -0.05) is 30.3 Å². The van der Waals surface area contributed by atoms with Crippen molar-refractivity contribution in [1.29, 1.82) is 0 Å². The number of hydrogen-bond donors (Lipinski definition) is 9. The first-order valence-corrected chi connectivity index (χ1v) is 37.9. The second kappa shape index (κ2) is 33.4. The molecule has 8 aliphatic rings. The largest absolute Gasteiger partial charge is 0.503 e. The SMILES string of the molecule is CCN1CC2CC(O)c3c(C(=O)NCc4ccc(F)cc4F)c(=O)c(O)c(n32)C1=O.CCN1CC2CCc3c(C(=O)NCc4ccc(F)cc4F)c(=O)c(O)c(n32)C1=O.CCO[C@@H]1C[C@H]2CN(CC)C(=O)c3c(O)c(=O)c(C(=O)NCc4ccc(F)cc4F)c1n32.CNC(=O)c1c2n3c(c(O)c1=O)C(=O)N(Cc1ccc(F)cc1)CC3CC2. The van der Waals surface area contributed by atoms with Crippen molar-refractivity contribution < 1.29 is 99.4 Å². The number of aliphatic hydroxyl groups excluding tert-OH is 1. The quantitative estimate of drug-likeness (QED) is 0.0445. The van der Waals surface area contributed by atoms with Gasteiger partial charge in [0, 0.05) is 145 Å². The zero-order valence-corrected chi connectivity index (χ0v) is 64.0. The molecule has 30 nitrogen and oxygen atoms in total. The van der Waals surface area contributed by atoms with Gasteiger partial charge in [0.2, 0.25) is 21.7 Å². The Morgan fingerprint density at radius 2 is 0.763 bits per heavy atom. The van der Waals surface area contributed by atoms with E-state index in [4.69, 9.17) is 4.74 Å². The van der Waals surface area contributed by atoms with Gasteiger partial charge in [-0.05, 0) is 89.3 Å². The molecule has 4 aromatic carbocycles. The lowest BCUT2D eigenvalue weighted by Crippen LogP contribution is -2.44. The van der Waals surface area contributed by atoms with Gasteiger partial charge in [0.1, 0.15) is 69.1 Å². The van der Waals surface area contributed by atoms with Crippen LogP contribution in [-0.2, 0) is 43.8 Å². The van der Waals surface area contributed by atoms with E-state index in [0.717, 1.165) is 29.8 Å². The Balaban J connectivity index is 0.000000137. The molecule has 9 N–H and O–H groups in total. The molecule has 6 atom stereocenters. The normalized spacial score (nSPS) is 18.6.